The number of pyridine rings is 1. The van der Waals surface area contributed by atoms with E-state index < -0.39 is 11.9 Å². The van der Waals surface area contributed by atoms with E-state index in [1.165, 1.54) is 17.1 Å². The highest BCUT2D eigenvalue weighted by molar-refractivity contribution is 5.92. The van der Waals surface area contributed by atoms with Gasteiger partial charge < -0.3 is 15.7 Å². The Morgan fingerprint density at radius 3 is 2.62 bits per heavy atom. The summed E-state index contributed by atoms with van der Waals surface area (Å²) in [6, 6.07) is 3.40. The molecule has 3 heterocycles. The first-order valence-corrected chi connectivity index (χ1v) is 6.20. The lowest BCUT2D eigenvalue weighted by molar-refractivity contribution is 0.0690. The van der Waals surface area contributed by atoms with E-state index in [9.17, 15) is 9.59 Å². The smallest absolute Gasteiger partial charge is 0.358 e. The fourth-order valence-corrected chi connectivity index (χ4v) is 2.08. The summed E-state index contributed by atoms with van der Waals surface area (Å²) in [7, 11) is 0. The average Bonchev–Trinajstić information content (AvgIpc) is 2.87. The SMILES string of the molecule is NC(=O)c1ccc(N2CC(n3cc(C(=O)O)nn3)C2)nc1. The number of aromatic carboxylic acids is 1. The van der Waals surface area contributed by atoms with Crippen molar-refractivity contribution >= 4 is 17.7 Å². The molecule has 1 amide bonds. The number of amides is 1. The largest absolute Gasteiger partial charge is 0.476 e. The third-order valence-corrected chi connectivity index (χ3v) is 3.32. The Balaban J connectivity index is 1.64. The zero-order valence-corrected chi connectivity index (χ0v) is 10.9. The molecule has 1 fully saturated rings. The van der Waals surface area contributed by atoms with E-state index in [0.29, 0.717) is 18.7 Å². The van der Waals surface area contributed by atoms with E-state index in [1.54, 1.807) is 12.1 Å². The summed E-state index contributed by atoms with van der Waals surface area (Å²) in [5, 5.41) is 16.2. The minimum atomic E-state index is -1.10. The minimum Gasteiger partial charge on any atom is -0.476 e. The molecule has 108 valence electrons. The molecule has 0 unspecified atom stereocenters. The van der Waals surface area contributed by atoms with Gasteiger partial charge in [0.2, 0.25) is 5.91 Å². The Labute approximate surface area is 119 Å². The predicted octanol–water partition coefficient (Wildman–Crippen LogP) is -0.469. The summed E-state index contributed by atoms with van der Waals surface area (Å²) in [5.74, 6) is -0.879. The van der Waals surface area contributed by atoms with E-state index in [1.807, 2.05) is 4.90 Å². The van der Waals surface area contributed by atoms with Crippen LogP contribution in [0.15, 0.2) is 24.5 Å². The first-order chi connectivity index (χ1) is 10.0. The number of carboxylic acids is 1. The molecule has 0 aliphatic carbocycles. The van der Waals surface area contributed by atoms with Gasteiger partial charge in [0, 0.05) is 19.3 Å². The van der Waals surface area contributed by atoms with Crippen LogP contribution in [0, 0.1) is 0 Å². The summed E-state index contributed by atoms with van der Waals surface area (Å²) in [6.45, 7) is 1.29. The number of hydrogen-bond acceptors (Lipinski definition) is 6. The van der Waals surface area contributed by atoms with Crippen LogP contribution in [0.3, 0.4) is 0 Å². The van der Waals surface area contributed by atoms with E-state index in [2.05, 4.69) is 15.3 Å². The van der Waals surface area contributed by atoms with Crippen molar-refractivity contribution in [3.8, 4) is 0 Å². The summed E-state index contributed by atoms with van der Waals surface area (Å²) in [4.78, 5) is 27.9. The van der Waals surface area contributed by atoms with Gasteiger partial charge in [-0.2, -0.15) is 0 Å². The molecule has 1 saturated heterocycles. The van der Waals surface area contributed by atoms with Gasteiger partial charge in [0.1, 0.15) is 5.82 Å². The molecule has 3 rings (SSSR count). The fraction of sp³-hybridized carbons (Fsp3) is 0.250. The number of primary amides is 1. The van der Waals surface area contributed by atoms with Gasteiger partial charge in [0.15, 0.2) is 5.69 Å². The van der Waals surface area contributed by atoms with Crippen molar-refractivity contribution in [3.05, 3.63) is 35.8 Å². The van der Waals surface area contributed by atoms with Gasteiger partial charge in [-0.25, -0.2) is 14.5 Å². The lowest BCUT2D eigenvalue weighted by Gasteiger charge is -2.39. The van der Waals surface area contributed by atoms with Gasteiger partial charge in [0.25, 0.3) is 0 Å². The monoisotopic (exact) mass is 288 g/mol. The lowest BCUT2D eigenvalue weighted by Crippen LogP contribution is -2.48. The summed E-state index contributed by atoms with van der Waals surface area (Å²) < 4.78 is 1.54. The first-order valence-electron chi connectivity index (χ1n) is 6.20. The maximum atomic E-state index is 11.0. The van der Waals surface area contributed by atoms with Gasteiger partial charge in [-0.15, -0.1) is 5.10 Å². The molecule has 3 N–H and O–H groups in total. The second-order valence-corrected chi connectivity index (χ2v) is 4.72. The van der Waals surface area contributed by atoms with Gasteiger partial charge >= 0.3 is 5.97 Å². The van der Waals surface area contributed by atoms with Crippen molar-refractivity contribution in [2.45, 2.75) is 6.04 Å². The minimum absolute atomic E-state index is 0.0585. The normalized spacial score (nSPS) is 14.8. The Morgan fingerprint density at radius 1 is 1.33 bits per heavy atom. The Kier molecular flexibility index (Phi) is 3.01. The number of nitrogens with zero attached hydrogens (tertiary/aromatic N) is 5. The molecule has 1 aliphatic heterocycles. The van der Waals surface area contributed by atoms with E-state index in [4.69, 9.17) is 10.8 Å². The molecule has 0 saturated carbocycles. The van der Waals surface area contributed by atoms with Crippen molar-refractivity contribution < 1.29 is 14.7 Å². The van der Waals surface area contributed by atoms with E-state index in [0.717, 1.165) is 5.82 Å². The van der Waals surface area contributed by atoms with Crippen molar-refractivity contribution in [2.75, 3.05) is 18.0 Å². The second kappa shape index (κ2) is 4.85. The highest BCUT2D eigenvalue weighted by Gasteiger charge is 2.30. The third kappa shape index (κ3) is 2.40. The van der Waals surface area contributed by atoms with Crippen LogP contribution in [0.5, 0.6) is 0 Å². The molecular weight excluding hydrogens is 276 g/mol. The topological polar surface area (TPSA) is 127 Å². The van der Waals surface area contributed by atoms with Crippen LogP contribution in [0.4, 0.5) is 5.82 Å². The Bertz CT molecular complexity index is 689. The van der Waals surface area contributed by atoms with Crippen molar-refractivity contribution in [3.63, 3.8) is 0 Å². The third-order valence-electron chi connectivity index (χ3n) is 3.32. The quantitative estimate of drug-likeness (QED) is 0.778. The zero-order chi connectivity index (χ0) is 15.0. The van der Waals surface area contributed by atoms with Crippen molar-refractivity contribution in [1.82, 2.24) is 20.0 Å². The van der Waals surface area contributed by atoms with Crippen LogP contribution in [-0.2, 0) is 0 Å². The van der Waals surface area contributed by atoms with Gasteiger partial charge in [0.05, 0.1) is 17.8 Å². The molecule has 21 heavy (non-hydrogen) atoms. The summed E-state index contributed by atoms with van der Waals surface area (Å²) in [5.41, 5.74) is 5.44. The molecule has 0 atom stereocenters. The standard InChI is InChI=1S/C12H12N6O3/c13-11(19)7-1-2-10(14-3-7)17-4-8(5-17)18-6-9(12(20)21)15-16-18/h1-3,6,8H,4-5H2,(H2,13,19)(H,20,21). The number of carbonyl (C=O) groups excluding carboxylic acids is 1. The molecular formula is C12H12N6O3. The molecule has 2 aromatic rings. The zero-order valence-electron chi connectivity index (χ0n) is 10.9. The highest BCUT2D eigenvalue weighted by Crippen LogP contribution is 2.25. The van der Waals surface area contributed by atoms with Crippen LogP contribution in [0.2, 0.25) is 0 Å². The number of nitrogens with two attached hydrogens (primary N) is 1. The second-order valence-electron chi connectivity index (χ2n) is 4.72. The van der Waals surface area contributed by atoms with Crippen LogP contribution in [-0.4, -0.2) is 50.1 Å². The van der Waals surface area contributed by atoms with Gasteiger partial charge in [-0.05, 0) is 12.1 Å². The van der Waals surface area contributed by atoms with E-state index >= 15 is 0 Å². The number of aromatic nitrogens is 4. The maximum Gasteiger partial charge on any atom is 0.358 e. The Morgan fingerprint density at radius 2 is 2.10 bits per heavy atom. The van der Waals surface area contributed by atoms with Crippen molar-refractivity contribution in [1.29, 1.82) is 0 Å². The van der Waals surface area contributed by atoms with Crippen LogP contribution >= 0.6 is 0 Å². The Hall–Kier alpha value is -2.97. The number of carboxylic acid groups (broad SMARTS) is 1. The van der Waals surface area contributed by atoms with Crippen molar-refractivity contribution in [2.24, 2.45) is 5.73 Å². The first kappa shape index (κ1) is 13.0. The number of hydrogen-bond donors (Lipinski definition) is 2. The molecule has 1 aliphatic rings. The predicted molar refractivity (Wildman–Crippen MR) is 71.0 cm³/mol. The molecule has 0 spiro atoms. The van der Waals surface area contributed by atoms with Crippen LogP contribution < -0.4 is 10.6 Å². The number of anilines is 1. The van der Waals surface area contributed by atoms with Crippen LogP contribution in [0.1, 0.15) is 26.9 Å². The lowest BCUT2D eigenvalue weighted by atomic mass is 10.1. The summed E-state index contributed by atoms with van der Waals surface area (Å²) in [6.07, 6.45) is 2.84. The molecule has 9 heteroatoms. The maximum absolute atomic E-state index is 11.0. The molecule has 9 nitrogen and oxygen atoms in total. The summed E-state index contributed by atoms with van der Waals surface area (Å²) >= 11 is 0. The fourth-order valence-electron chi connectivity index (χ4n) is 2.08. The number of rotatable bonds is 4. The van der Waals surface area contributed by atoms with E-state index in [-0.39, 0.29) is 11.7 Å². The van der Waals surface area contributed by atoms with Gasteiger partial charge in [-0.1, -0.05) is 5.21 Å². The number of carbonyl (C=O) groups is 2. The molecule has 0 aromatic carbocycles. The molecule has 0 bridgehead atoms. The highest BCUT2D eigenvalue weighted by atomic mass is 16.4. The van der Waals surface area contributed by atoms with Gasteiger partial charge in [-0.3, -0.25) is 4.79 Å². The molecule has 2 aromatic heterocycles. The molecule has 0 radical (unpaired) electrons. The average molecular weight is 288 g/mol. The van der Waals surface area contributed by atoms with Crippen LogP contribution in [0.25, 0.3) is 0 Å².